The highest BCUT2D eigenvalue weighted by Gasteiger charge is 2.22. The molecule has 128 valence electrons. The molecule has 26 heavy (non-hydrogen) atoms. The molecular weight excluding hydrogens is 318 g/mol. The molecule has 0 aliphatic rings. The van der Waals surface area contributed by atoms with Crippen molar-refractivity contribution in [2.75, 3.05) is 0 Å². The van der Waals surface area contributed by atoms with E-state index in [2.05, 4.69) is 54.2 Å². The third-order valence-corrected chi connectivity index (χ3v) is 4.99. The monoisotopic (exact) mass is 339 g/mol. The highest BCUT2D eigenvalue weighted by molar-refractivity contribution is 5.97. The molecule has 0 aliphatic heterocycles. The van der Waals surface area contributed by atoms with Gasteiger partial charge in [0.1, 0.15) is 0 Å². The van der Waals surface area contributed by atoms with Crippen molar-refractivity contribution < 1.29 is 4.79 Å². The number of fused-ring (bicyclic) bond motifs is 1. The average Bonchev–Trinajstić information content (AvgIpc) is 3.04. The fourth-order valence-electron chi connectivity index (χ4n) is 3.67. The lowest BCUT2D eigenvalue weighted by atomic mass is 9.85. The summed E-state index contributed by atoms with van der Waals surface area (Å²) >= 11 is 0. The molecule has 0 radical (unpaired) electrons. The third kappa shape index (κ3) is 3.06. The second kappa shape index (κ2) is 7.01. The molecule has 0 spiro atoms. The van der Waals surface area contributed by atoms with Crippen LogP contribution in [-0.4, -0.2) is 10.4 Å². The van der Waals surface area contributed by atoms with Crippen molar-refractivity contribution in [1.82, 2.24) is 4.57 Å². The zero-order valence-electron chi connectivity index (χ0n) is 14.8. The fraction of sp³-hybridized carbons (Fsp3) is 0.125. The van der Waals surface area contributed by atoms with E-state index in [1.807, 2.05) is 48.5 Å². The van der Waals surface area contributed by atoms with Crippen molar-refractivity contribution in [3.63, 3.8) is 0 Å². The molecule has 0 N–H and O–H groups in total. The lowest BCUT2D eigenvalue weighted by Gasteiger charge is -2.17. The number of carbonyl (C=O) groups is 1. The molecule has 3 aromatic carbocycles. The van der Waals surface area contributed by atoms with Gasteiger partial charge >= 0.3 is 0 Å². The number of hydrogen-bond acceptors (Lipinski definition) is 1. The van der Waals surface area contributed by atoms with Crippen molar-refractivity contribution in [2.24, 2.45) is 7.05 Å². The van der Waals surface area contributed by atoms with Crippen LogP contribution in [0.4, 0.5) is 0 Å². The molecule has 0 amide bonds. The van der Waals surface area contributed by atoms with E-state index in [1.165, 1.54) is 22.0 Å². The molecule has 0 fully saturated rings. The molecular formula is C24H21NO. The van der Waals surface area contributed by atoms with Crippen molar-refractivity contribution in [2.45, 2.75) is 12.3 Å². The van der Waals surface area contributed by atoms with Gasteiger partial charge in [0, 0.05) is 42.0 Å². The molecule has 1 heterocycles. The summed E-state index contributed by atoms with van der Waals surface area (Å²) in [6.07, 6.45) is 2.63. The molecule has 0 aliphatic carbocycles. The fourth-order valence-corrected chi connectivity index (χ4v) is 3.67. The Kier molecular flexibility index (Phi) is 4.40. The Labute approximate surface area is 153 Å². The predicted octanol–water partition coefficient (Wildman–Crippen LogP) is 5.58. The van der Waals surface area contributed by atoms with E-state index in [1.54, 1.807) is 0 Å². The van der Waals surface area contributed by atoms with E-state index in [0.29, 0.717) is 6.42 Å². The molecule has 0 saturated carbocycles. The average molecular weight is 339 g/mol. The summed E-state index contributed by atoms with van der Waals surface area (Å²) in [4.78, 5) is 12.9. The van der Waals surface area contributed by atoms with Crippen LogP contribution < -0.4 is 0 Å². The molecule has 2 heteroatoms. The number of para-hydroxylation sites is 1. The smallest absolute Gasteiger partial charge is 0.163 e. The number of aryl methyl sites for hydroxylation is 1. The Bertz CT molecular complexity index is 1030. The third-order valence-electron chi connectivity index (χ3n) is 4.99. The number of benzene rings is 3. The van der Waals surface area contributed by atoms with Crippen LogP contribution in [0.15, 0.2) is 91.1 Å². The zero-order valence-corrected chi connectivity index (χ0v) is 14.8. The number of Topliss-reactive ketones (excluding diaryl/α,β-unsaturated/α-hetero) is 1. The maximum absolute atomic E-state index is 12.9. The van der Waals surface area contributed by atoms with Gasteiger partial charge < -0.3 is 4.57 Å². The summed E-state index contributed by atoms with van der Waals surface area (Å²) in [6, 6.07) is 28.3. The van der Waals surface area contributed by atoms with Crippen LogP contribution in [0.25, 0.3) is 10.9 Å². The van der Waals surface area contributed by atoms with Gasteiger partial charge in [0.15, 0.2) is 5.78 Å². The molecule has 0 saturated heterocycles. The summed E-state index contributed by atoms with van der Waals surface area (Å²) in [7, 11) is 2.06. The van der Waals surface area contributed by atoms with E-state index >= 15 is 0 Å². The van der Waals surface area contributed by atoms with Crippen LogP contribution in [0.2, 0.25) is 0 Å². The van der Waals surface area contributed by atoms with Gasteiger partial charge in [0.05, 0.1) is 0 Å². The molecule has 4 rings (SSSR count). The molecule has 1 aromatic heterocycles. The first kappa shape index (κ1) is 16.3. The molecule has 0 unspecified atom stereocenters. The minimum Gasteiger partial charge on any atom is -0.350 e. The number of hydrogen-bond donors (Lipinski definition) is 0. The van der Waals surface area contributed by atoms with Crippen molar-refractivity contribution >= 4 is 16.7 Å². The van der Waals surface area contributed by atoms with Crippen molar-refractivity contribution in [3.8, 4) is 0 Å². The van der Waals surface area contributed by atoms with Crippen LogP contribution in [0.3, 0.4) is 0 Å². The van der Waals surface area contributed by atoms with Crippen LogP contribution in [0, 0.1) is 0 Å². The number of nitrogens with zero attached hydrogens (tertiary/aromatic N) is 1. The van der Waals surface area contributed by atoms with Gasteiger partial charge in [-0.15, -0.1) is 0 Å². The lowest BCUT2D eigenvalue weighted by molar-refractivity contribution is 0.0978. The first-order valence-corrected chi connectivity index (χ1v) is 8.91. The largest absolute Gasteiger partial charge is 0.350 e. The predicted molar refractivity (Wildman–Crippen MR) is 107 cm³/mol. The highest BCUT2D eigenvalue weighted by atomic mass is 16.1. The van der Waals surface area contributed by atoms with E-state index in [0.717, 1.165) is 5.56 Å². The Hall–Kier alpha value is -3.13. The van der Waals surface area contributed by atoms with Gasteiger partial charge in [-0.2, -0.15) is 0 Å². The van der Waals surface area contributed by atoms with E-state index in [4.69, 9.17) is 0 Å². The second-order valence-corrected chi connectivity index (χ2v) is 6.67. The Balaban J connectivity index is 1.80. The summed E-state index contributed by atoms with van der Waals surface area (Å²) < 4.78 is 2.15. The Morgan fingerprint density at radius 2 is 1.46 bits per heavy atom. The van der Waals surface area contributed by atoms with Crippen LogP contribution in [0.1, 0.15) is 33.8 Å². The van der Waals surface area contributed by atoms with E-state index < -0.39 is 0 Å². The summed E-state index contributed by atoms with van der Waals surface area (Å²) in [5.74, 6) is 0.211. The quantitative estimate of drug-likeness (QED) is 0.435. The number of rotatable bonds is 5. The molecule has 0 bridgehead atoms. The summed E-state index contributed by atoms with van der Waals surface area (Å²) in [6.45, 7) is 0. The molecule has 2 nitrogen and oxygen atoms in total. The molecule has 4 aromatic rings. The standard InChI is InChI=1S/C24H21NO/c1-25-17-22(20-14-8-9-15-23(20)25)21(18-10-4-2-5-11-18)16-24(26)19-12-6-3-7-13-19/h2-15,17,21H,16H2,1H3/t21-/m0/s1. The zero-order chi connectivity index (χ0) is 17.9. The van der Waals surface area contributed by atoms with E-state index in [9.17, 15) is 4.79 Å². The van der Waals surface area contributed by atoms with Crippen LogP contribution in [-0.2, 0) is 7.05 Å². The van der Waals surface area contributed by atoms with Crippen molar-refractivity contribution in [3.05, 3.63) is 108 Å². The van der Waals surface area contributed by atoms with Gasteiger partial charge in [-0.3, -0.25) is 4.79 Å². The summed E-state index contributed by atoms with van der Waals surface area (Å²) in [5, 5.41) is 1.21. The minimum absolute atomic E-state index is 0.0370. The minimum atomic E-state index is 0.0370. The molecule has 1 atom stereocenters. The Morgan fingerprint density at radius 3 is 2.19 bits per heavy atom. The van der Waals surface area contributed by atoms with Gasteiger partial charge in [0.25, 0.3) is 0 Å². The van der Waals surface area contributed by atoms with Gasteiger partial charge in [-0.25, -0.2) is 0 Å². The first-order valence-electron chi connectivity index (χ1n) is 8.91. The first-order chi connectivity index (χ1) is 12.7. The van der Waals surface area contributed by atoms with Crippen LogP contribution >= 0.6 is 0 Å². The number of carbonyl (C=O) groups excluding carboxylic acids is 1. The van der Waals surface area contributed by atoms with Gasteiger partial charge in [-0.1, -0.05) is 78.9 Å². The Morgan fingerprint density at radius 1 is 0.846 bits per heavy atom. The number of ketones is 1. The topological polar surface area (TPSA) is 22.0 Å². The van der Waals surface area contributed by atoms with Gasteiger partial charge in [-0.05, 0) is 17.2 Å². The van der Waals surface area contributed by atoms with E-state index in [-0.39, 0.29) is 11.7 Å². The highest BCUT2D eigenvalue weighted by Crippen LogP contribution is 2.35. The second-order valence-electron chi connectivity index (χ2n) is 6.67. The summed E-state index contributed by atoms with van der Waals surface area (Å²) in [5.41, 5.74) is 4.34. The number of aromatic nitrogens is 1. The maximum Gasteiger partial charge on any atom is 0.163 e. The normalized spacial score (nSPS) is 12.2. The SMILES string of the molecule is Cn1cc([C@@H](CC(=O)c2ccccc2)c2ccccc2)c2ccccc21. The van der Waals surface area contributed by atoms with Gasteiger partial charge in [0.2, 0.25) is 0 Å². The maximum atomic E-state index is 12.9. The lowest BCUT2D eigenvalue weighted by Crippen LogP contribution is -2.09. The van der Waals surface area contributed by atoms with Crippen molar-refractivity contribution in [1.29, 1.82) is 0 Å². The van der Waals surface area contributed by atoms with Crippen LogP contribution in [0.5, 0.6) is 0 Å².